The highest BCUT2D eigenvalue weighted by atomic mass is 32.1. The lowest BCUT2D eigenvalue weighted by atomic mass is 10.3. The molecule has 20 heavy (non-hydrogen) atoms. The Morgan fingerprint density at radius 3 is 2.80 bits per heavy atom. The molecule has 0 aliphatic rings. The van der Waals surface area contributed by atoms with Gasteiger partial charge >= 0.3 is 0 Å². The van der Waals surface area contributed by atoms with Gasteiger partial charge in [-0.25, -0.2) is 4.98 Å². The van der Waals surface area contributed by atoms with E-state index in [1.165, 1.54) is 11.3 Å². The number of thiazole rings is 1. The van der Waals surface area contributed by atoms with Crippen molar-refractivity contribution in [1.29, 1.82) is 0 Å². The number of nitrogens with one attached hydrogen (secondary N) is 2. The van der Waals surface area contributed by atoms with Crippen molar-refractivity contribution in [2.24, 2.45) is 0 Å². The van der Waals surface area contributed by atoms with E-state index < -0.39 is 0 Å². The number of rotatable bonds is 3. The zero-order valence-corrected chi connectivity index (χ0v) is 11.3. The number of hydrogen-bond acceptors (Lipinski definition) is 6. The van der Waals surface area contributed by atoms with Crippen molar-refractivity contribution in [2.45, 2.75) is 0 Å². The Morgan fingerprint density at radius 2 is 2.10 bits per heavy atom. The van der Waals surface area contributed by atoms with Crippen LogP contribution in [-0.4, -0.2) is 22.2 Å². The minimum atomic E-state index is -0.378. The van der Waals surface area contributed by atoms with Crippen molar-refractivity contribution in [2.75, 3.05) is 12.4 Å². The van der Waals surface area contributed by atoms with Gasteiger partial charge in [0.05, 0.1) is 7.11 Å². The Bertz CT molecular complexity index is 808. The van der Waals surface area contributed by atoms with Crippen LogP contribution in [0.25, 0.3) is 10.3 Å². The zero-order valence-electron chi connectivity index (χ0n) is 10.5. The fourth-order valence-electron chi connectivity index (χ4n) is 1.77. The standard InChI is InChI=1S/C13H11N3O3S/c1-19-8-4-2-7(3-5-8)14-13-16-12-11(20-13)9(17)6-10(18)15-12/h2-6H,1H3,(H3,14,15,16,17,18). The van der Waals surface area contributed by atoms with E-state index >= 15 is 0 Å². The summed E-state index contributed by atoms with van der Waals surface area (Å²) in [5.41, 5.74) is 0.832. The molecule has 2 heterocycles. The number of aromatic nitrogens is 2. The SMILES string of the molecule is COc1ccc(Nc2nc3[nH]c(=O)cc(O)c3s2)cc1. The molecule has 7 heteroatoms. The van der Waals surface area contributed by atoms with Crippen LogP contribution in [0, 0.1) is 0 Å². The normalized spacial score (nSPS) is 10.7. The van der Waals surface area contributed by atoms with Crippen LogP contribution in [0.15, 0.2) is 35.1 Å². The molecule has 0 saturated heterocycles. The fraction of sp³-hybridized carbons (Fsp3) is 0.0769. The maximum Gasteiger partial charge on any atom is 0.253 e. The van der Waals surface area contributed by atoms with E-state index in [0.717, 1.165) is 17.5 Å². The molecule has 0 radical (unpaired) electrons. The Hall–Kier alpha value is -2.54. The molecule has 0 atom stereocenters. The topological polar surface area (TPSA) is 87.2 Å². The number of pyridine rings is 1. The third-order valence-electron chi connectivity index (χ3n) is 2.71. The number of anilines is 2. The van der Waals surface area contributed by atoms with E-state index in [-0.39, 0.29) is 11.3 Å². The summed E-state index contributed by atoms with van der Waals surface area (Å²) in [6, 6.07) is 8.50. The van der Waals surface area contributed by atoms with Gasteiger partial charge in [-0.1, -0.05) is 11.3 Å². The summed E-state index contributed by atoms with van der Waals surface area (Å²) in [5.74, 6) is 0.700. The number of aromatic amines is 1. The van der Waals surface area contributed by atoms with Crippen molar-refractivity contribution in [3.05, 3.63) is 40.7 Å². The van der Waals surface area contributed by atoms with Crippen molar-refractivity contribution in [1.82, 2.24) is 9.97 Å². The first-order valence-electron chi connectivity index (χ1n) is 5.79. The lowest BCUT2D eigenvalue weighted by Gasteiger charge is -2.03. The lowest BCUT2D eigenvalue weighted by Crippen LogP contribution is -2.02. The molecular formula is C13H11N3O3S. The van der Waals surface area contributed by atoms with Gasteiger partial charge in [0.15, 0.2) is 10.8 Å². The predicted octanol–water partition coefficient (Wildman–Crippen LogP) is 2.44. The molecule has 1 aromatic carbocycles. The summed E-state index contributed by atoms with van der Waals surface area (Å²) in [6.07, 6.45) is 0. The van der Waals surface area contributed by atoms with Gasteiger partial charge in [0.1, 0.15) is 16.2 Å². The molecule has 0 saturated carbocycles. The van der Waals surface area contributed by atoms with Crippen LogP contribution < -0.4 is 15.6 Å². The zero-order chi connectivity index (χ0) is 14.1. The average Bonchev–Trinajstić information content (AvgIpc) is 2.82. The average molecular weight is 289 g/mol. The summed E-state index contributed by atoms with van der Waals surface area (Å²) in [7, 11) is 1.61. The van der Waals surface area contributed by atoms with E-state index in [9.17, 15) is 9.90 Å². The summed E-state index contributed by atoms with van der Waals surface area (Å²) in [6.45, 7) is 0. The highest BCUT2D eigenvalue weighted by molar-refractivity contribution is 7.22. The van der Waals surface area contributed by atoms with Gasteiger partial charge in [0, 0.05) is 11.8 Å². The van der Waals surface area contributed by atoms with Crippen molar-refractivity contribution in [3.8, 4) is 11.5 Å². The van der Waals surface area contributed by atoms with Crippen LogP contribution in [-0.2, 0) is 0 Å². The molecule has 6 nitrogen and oxygen atoms in total. The van der Waals surface area contributed by atoms with E-state index in [0.29, 0.717) is 15.5 Å². The molecule has 0 unspecified atom stereocenters. The lowest BCUT2D eigenvalue weighted by molar-refractivity contribution is 0.415. The van der Waals surface area contributed by atoms with Crippen LogP contribution in [0.1, 0.15) is 0 Å². The molecule has 3 N–H and O–H groups in total. The second-order valence-corrected chi connectivity index (χ2v) is 5.07. The molecule has 0 fully saturated rings. The molecule has 0 aliphatic carbocycles. The van der Waals surface area contributed by atoms with Gasteiger partial charge in [-0.2, -0.15) is 0 Å². The number of nitrogens with zero attached hydrogens (tertiary/aromatic N) is 1. The van der Waals surface area contributed by atoms with Gasteiger partial charge in [-0.05, 0) is 24.3 Å². The van der Waals surface area contributed by atoms with Gasteiger partial charge in [-0.15, -0.1) is 0 Å². The van der Waals surface area contributed by atoms with Gasteiger partial charge in [-0.3, -0.25) is 4.79 Å². The first-order valence-corrected chi connectivity index (χ1v) is 6.61. The monoisotopic (exact) mass is 289 g/mol. The van der Waals surface area contributed by atoms with E-state index in [1.807, 2.05) is 24.3 Å². The largest absolute Gasteiger partial charge is 0.506 e. The third kappa shape index (κ3) is 2.30. The van der Waals surface area contributed by atoms with Gasteiger partial charge in [0.2, 0.25) is 0 Å². The number of benzene rings is 1. The molecule has 3 rings (SSSR count). The van der Waals surface area contributed by atoms with Crippen LogP contribution in [0.5, 0.6) is 11.5 Å². The molecular weight excluding hydrogens is 278 g/mol. The smallest absolute Gasteiger partial charge is 0.253 e. The molecule has 3 aromatic rings. The van der Waals surface area contributed by atoms with E-state index in [2.05, 4.69) is 15.3 Å². The first kappa shape index (κ1) is 12.5. The minimum Gasteiger partial charge on any atom is -0.506 e. The van der Waals surface area contributed by atoms with Crippen LogP contribution >= 0.6 is 11.3 Å². The summed E-state index contributed by atoms with van der Waals surface area (Å²) in [4.78, 5) is 18.1. The summed E-state index contributed by atoms with van der Waals surface area (Å²) in [5, 5.41) is 13.4. The molecule has 0 aliphatic heterocycles. The number of fused-ring (bicyclic) bond motifs is 1. The number of H-pyrrole nitrogens is 1. The first-order chi connectivity index (χ1) is 9.65. The van der Waals surface area contributed by atoms with Crippen LogP contribution in [0.2, 0.25) is 0 Å². The Labute approximate surface area is 117 Å². The van der Waals surface area contributed by atoms with E-state index in [1.54, 1.807) is 7.11 Å². The summed E-state index contributed by atoms with van der Waals surface area (Å²) >= 11 is 1.26. The fourth-order valence-corrected chi connectivity index (χ4v) is 2.63. The number of ether oxygens (including phenoxy) is 1. The van der Waals surface area contributed by atoms with Crippen molar-refractivity contribution in [3.63, 3.8) is 0 Å². The molecule has 0 spiro atoms. The number of aromatic hydroxyl groups is 1. The maximum absolute atomic E-state index is 11.3. The van der Waals surface area contributed by atoms with E-state index in [4.69, 9.17) is 4.74 Å². The Balaban J connectivity index is 1.94. The predicted molar refractivity (Wildman–Crippen MR) is 78.2 cm³/mol. The Morgan fingerprint density at radius 1 is 1.35 bits per heavy atom. The third-order valence-corrected chi connectivity index (χ3v) is 3.70. The van der Waals surface area contributed by atoms with Crippen molar-refractivity contribution < 1.29 is 9.84 Å². The molecule has 0 bridgehead atoms. The maximum atomic E-state index is 11.3. The quantitative estimate of drug-likeness (QED) is 0.689. The van der Waals surface area contributed by atoms with Gasteiger partial charge < -0.3 is 20.1 Å². The van der Waals surface area contributed by atoms with Crippen LogP contribution in [0.4, 0.5) is 10.8 Å². The minimum absolute atomic E-state index is 0.0657. The van der Waals surface area contributed by atoms with Crippen molar-refractivity contribution >= 4 is 32.5 Å². The highest BCUT2D eigenvalue weighted by Gasteiger charge is 2.09. The number of hydrogen-bond donors (Lipinski definition) is 3. The Kier molecular flexibility index (Phi) is 3.03. The molecule has 0 amide bonds. The molecule has 102 valence electrons. The highest BCUT2D eigenvalue weighted by Crippen LogP contribution is 2.32. The van der Waals surface area contributed by atoms with Crippen LogP contribution in [0.3, 0.4) is 0 Å². The molecule has 2 aromatic heterocycles. The number of methoxy groups -OCH3 is 1. The second kappa shape index (κ2) is 4.86. The summed E-state index contributed by atoms with van der Waals surface area (Å²) < 4.78 is 5.62. The van der Waals surface area contributed by atoms with Gasteiger partial charge in [0.25, 0.3) is 5.56 Å². The second-order valence-electron chi connectivity index (χ2n) is 4.07.